The van der Waals surface area contributed by atoms with E-state index in [1.54, 1.807) is 23.9 Å². The number of nitrogens with one attached hydrogen (secondary N) is 1. The van der Waals surface area contributed by atoms with Crippen molar-refractivity contribution < 1.29 is 9.18 Å². The molecule has 0 saturated heterocycles. The molecule has 0 atom stereocenters. The van der Waals surface area contributed by atoms with E-state index in [0.717, 1.165) is 45.5 Å². The highest BCUT2D eigenvalue weighted by Gasteiger charge is 2.23. The number of fused-ring (bicyclic) bond motifs is 1. The summed E-state index contributed by atoms with van der Waals surface area (Å²) in [4.78, 5) is 17.4. The Kier molecular flexibility index (Phi) is 4.74. The number of hydrogen-bond acceptors (Lipinski definition) is 3. The first-order valence-electron chi connectivity index (χ1n) is 8.87. The van der Waals surface area contributed by atoms with Crippen molar-refractivity contribution in [3.63, 3.8) is 0 Å². The largest absolute Gasteiger partial charge is 0.346 e. The van der Waals surface area contributed by atoms with Crippen molar-refractivity contribution in [2.24, 2.45) is 0 Å². The normalized spacial score (nSPS) is 12.9. The van der Waals surface area contributed by atoms with Crippen molar-refractivity contribution in [1.82, 2.24) is 14.9 Å². The maximum atomic E-state index is 13.3. The van der Waals surface area contributed by atoms with Crippen LogP contribution in [-0.2, 0) is 13.1 Å². The maximum Gasteiger partial charge on any atom is 0.251 e. The second kappa shape index (κ2) is 7.19. The molecule has 27 heavy (non-hydrogen) atoms. The zero-order chi connectivity index (χ0) is 19.0. The molecule has 4 rings (SSSR count). The van der Waals surface area contributed by atoms with Crippen LogP contribution in [-0.4, -0.2) is 21.2 Å². The summed E-state index contributed by atoms with van der Waals surface area (Å²) in [7, 11) is 0. The molecule has 0 spiro atoms. The molecule has 2 aromatic carbocycles. The molecule has 0 saturated carbocycles. The third kappa shape index (κ3) is 3.37. The van der Waals surface area contributed by atoms with Crippen LogP contribution in [0.1, 0.15) is 27.2 Å². The van der Waals surface area contributed by atoms with E-state index in [2.05, 4.69) is 9.88 Å². The predicted molar refractivity (Wildman–Crippen MR) is 105 cm³/mol. The second-order valence-electron chi connectivity index (χ2n) is 6.63. The van der Waals surface area contributed by atoms with Gasteiger partial charge >= 0.3 is 0 Å². The van der Waals surface area contributed by atoms with Gasteiger partial charge in [-0.1, -0.05) is 23.9 Å². The summed E-state index contributed by atoms with van der Waals surface area (Å²) in [5, 5.41) is 3.99. The Morgan fingerprint density at radius 3 is 2.78 bits per heavy atom. The number of halogens is 1. The molecule has 0 fully saturated rings. The van der Waals surface area contributed by atoms with E-state index in [1.807, 2.05) is 32.0 Å². The Morgan fingerprint density at radius 2 is 2.00 bits per heavy atom. The average molecular weight is 381 g/mol. The monoisotopic (exact) mass is 381 g/mol. The van der Waals surface area contributed by atoms with Crippen molar-refractivity contribution in [3.8, 4) is 11.3 Å². The van der Waals surface area contributed by atoms with Crippen LogP contribution in [0.5, 0.6) is 0 Å². The lowest BCUT2D eigenvalue weighted by molar-refractivity contribution is 0.0949. The van der Waals surface area contributed by atoms with Crippen LogP contribution in [0.2, 0.25) is 0 Å². The van der Waals surface area contributed by atoms with Crippen LogP contribution in [0.3, 0.4) is 0 Å². The number of carbonyl (C=O) groups is 1. The number of hydrogen-bond donors (Lipinski definition) is 1. The fourth-order valence-corrected chi connectivity index (χ4v) is 4.28. The third-order valence-corrected chi connectivity index (χ3v) is 5.92. The zero-order valence-electron chi connectivity index (χ0n) is 15.3. The number of benzene rings is 2. The van der Waals surface area contributed by atoms with Gasteiger partial charge in [-0.3, -0.25) is 4.79 Å². The number of amides is 1. The van der Waals surface area contributed by atoms with E-state index in [9.17, 15) is 9.18 Å². The quantitative estimate of drug-likeness (QED) is 0.731. The summed E-state index contributed by atoms with van der Waals surface area (Å²) >= 11 is 1.70. The highest BCUT2D eigenvalue weighted by atomic mass is 32.2. The smallest absolute Gasteiger partial charge is 0.251 e. The number of carbonyl (C=O) groups excluding carboxylic acids is 1. The molecular formula is C21H20FN3OS. The van der Waals surface area contributed by atoms with E-state index in [0.29, 0.717) is 12.1 Å². The van der Waals surface area contributed by atoms with Crippen molar-refractivity contribution in [2.45, 2.75) is 32.1 Å². The van der Waals surface area contributed by atoms with Crippen LogP contribution in [0.4, 0.5) is 4.39 Å². The number of aromatic nitrogens is 2. The van der Waals surface area contributed by atoms with Gasteiger partial charge in [-0.05, 0) is 55.3 Å². The first-order valence-corrected chi connectivity index (χ1v) is 9.85. The summed E-state index contributed by atoms with van der Waals surface area (Å²) in [6.07, 6.45) is 0. The fourth-order valence-electron chi connectivity index (χ4n) is 3.31. The molecule has 1 aliphatic rings. The average Bonchev–Trinajstić information content (AvgIpc) is 3.24. The minimum absolute atomic E-state index is 0.0949. The summed E-state index contributed by atoms with van der Waals surface area (Å²) in [6, 6.07) is 12.1. The minimum Gasteiger partial charge on any atom is -0.346 e. The molecule has 6 heteroatoms. The second-order valence-corrected chi connectivity index (χ2v) is 7.69. The third-order valence-electron chi connectivity index (χ3n) is 4.97. The summed E-state index contributed by atoms with van der Waals surface area (Å²) in [5.74, 6) is 0.608. The molecule has 1 aromatic heterocycles. The lowest BCUT2D eigenvalue weighted by Crippen LogP contribution is -2.25. The molecule has 138 valence electrons. The molecule has 1 amide bonds. The van der Waals surface area contributed by atoms with Crippen LogP contribution in [0.15, 0.2) is 47.6 Å². The highest BCUT2D eigenvalue weighted by Crippen LogP contribution is 2.33. The van der Waals surface area contributed by atoms with Gasteiger partial charge in [0.2, 0.25) is 0 Å². The van der Waals surface area contributed by atoms with E-state index in [4.69, 9.17) is 4.98 Å². The van der Waals surface area contributed by atoms with E-state index >= 15 is 0 Å². The standard InChI is InChI=1S/C21H20FN3OS/c1-13-4-3-5-17(14(13)2)20(26)23-12-18-19(15-6-8-16(22)9-7-15)24-21-25(18)10-11-27-21/h3-9H,10-12H2,1-2H3,(H,23,26). The minimum atomic E-state index is -0.273. The lowest BCUT2D eigenvalue weighted by atomic mass is 10.0. The van der Waals surface area contributed by atoms with Crippen LogP contribution < -0.4 is 5.32 Å². The summed E-state index contributed by atoms with van der Waals surface area (Å²) < 4.78 is 15.4. The van der Waals surface area contributed by atoms with Gasteiger partial charge in [0.25, 0.3) is 5.91 Å². The Hall–Kier alpha value is -2.60. The Labute approximate surface area is 161 Å². The number of aryl methyl sites for hydroxylation is 1. The molecule has 1 aliphatic heterocycles. The molecule has 3 aromatic rings. The molecule has 1 N–H and O–H groups in total. The van der Waals surface area contributed by atoms with Gasteiger partial charge in [0.15, 0.2) is 5.16 Å². The van der Waals surface area contributed by atoms with Gasteiger partial charge in [-0.15, -0.1) is 0 Å². The molecule has 0 aliphatic carbocycles. The number of imidazole rings is 1. The van der Waals surface area contributed by atoms with Crippen LogP contribution >= 0.6 is 11.8 Å². The topological polar surface area (TPSA) is 46.9 Å². The van der Waals surface area contributed by atoms with E-state index in [1.165, 1.54) is 12.1 Å². The summed E-state index contributed by atoms with van der Waals surface area (Å²) in [6.45, 7) is 5.20. The highest BCUT2D eigenvalue weighted by molar-refractivity contribution is 7.99. The van der Waals surface area contributed by atoms with Gasteiger partial charge < -0.3 is 9.88 Å². The number of nitrogens with zero attached hydrogens (tertiary/aromatic N) is 2. The van der Waals surface area contributed by atoms with E-state index < -0.39 is 0 Å². The molecule has 0 radical (unpaired) electrons. The van der Waals surface area contributed by atoms with E-state index in [-0.39, 0.29) is 11.7 Å². The Balaban J connectivity index is 1.63. The van der Waals surface area contributed by atoms with Crippen molar-refractivity contribution in [2.75, 3.05) is 5.75 Å². The Bertz CT molecular complexity index is 1010. The van der Waals surface area contributed by atoms with Gasteiger partial charge in [0.1, 0.15) is 5.82 Å². The van der Waals surface area contributed by atoms with Crippen LogP contribution in [0.25, 0.3) is 11.3 Å². The Morgan fingerprint density at radius 1 is 1.22 bits per heavy atom. The predicted octanol–water partition coefficient (Wildman–Crippen LogP) is 4.34. The van der Waals surface area contributed by atoms with Gasteiger partial charge in [-0.2, -0.15) is 0 Å². The molecule has 4 nitrogen and oxygen atoms in total. The summed E-state index contributed by atoms with van der Waals surface area (Å²) in [5.41, 5.74) is 5.39. The number of rotatable bonds is 4. The van der Waals surface area contributed by atoms with Gasteiger partial charge in [-0.25, -0.2) is 9.37 Å². The SMILES string of the molecule is Cc1cccc(C(=O)NCc2c(-c3ccc(F)cc3)nc3n2CCS3)c1C. The zero-order valence-corrected chi connectivity index (χ0v) is 16.1. The first kappa shape index (κ1) is 17.8. The van der Waals surface area contributed by atoms with Crippen LogP contribution in [0, 0.1) is 19.7 Å². The first-order chi connectivity index (χ1) is 13.0. The molecule has 0 unspecified atom stereocenters. The van der Waals surface area contributed by atoms with Gasteiger partial charge in [0.05, 0.1) is 17.9 Å². The van der Waals surface area contributed by atoms with Crippen molar-refractivity contribution in [3.05, 3.63) is 70.7 Å². The maximum absolute atomic E-state index is 13.3. The van der Waals surface area contributed by atoms with Crippen molar-refractivity contribution in [1.29, 1.82) is 0 Å². The fraction of sp³-hybridized carbons (Fsp3) is 0.238. The number of thioether (sulfide) groups is 1. The van der Waals surface area contributed by atoms with Gasteiger partial charge in [0, 0.05) is 23.4 Å². The molecule has 2 heterocycles. The lowest BCUT2D eigenvalue weighted by Gasteiger charge is -2.12. The van der Waals surface area contributed by atoms with Crippen molar-refractivity contribution >= 4 is 17.7 Å². The molecule has 0 bridgehead atoms. The molecular weight excluding hydrogens is 361 g/mol.